The molecule has 5 nitrogen and oxygen atoms in total. The lowest BCUT2D eigenvalue weighted by Crippen LogP contribution is -2.33. The molecule has 4 rings (SSSR count). The van der Waals surface area contributed by atoms with Crippen molar-refractivity contribution in [1.82, 2.24) is 9.55 Å². The first-order chi connectivity index (χ1) is 15.3. The minimum atomic E-state index is -0.760. The molecular weight excluding hydrogens is 489 g/mol. The predicted molar refractivity (Wildman–Crippen MR) is 133 cm³/mol. The summed E-state index contributed by atoms with van der Waals surface area (Å²) in [5.74, 6) is -0.361. The number of halogens is 3. The molecule has 1 N–H and O–H groups in total. The monoisotopic (exact) mass is 505 g/mol. The zero-order valence-corrected chi connectivity index (χ0v) is 20.2. The maximum Gasteiger partial charge on any atom is 0.263 e. The summed E-state index contributed by atoms with van der Waals surface area (Å²) in [6, 6.07) is 11.4. The number of hydrogen-bond acceptors (Lipinski definition) is 4. The molecule has 4 aromatic rings. The molecule has 2 aromatic carbocycles. The highest BCUT2D eigenvalue weighted by Crippen LogP contribution is 2.36. The molecule has 32 heavy (non-hydrogen) atoms. The first-order valence-corrected chi connectivity index (χ1v) is 11.8. The van der Waals surface area contributed by atoms with Crippen molar-refractivity contribution < 1.29 is 4.79 Å². The van der Waals surface area contributed by atoms with Crippen molar-refractivity contribution in [3.63, 3.8) is 0 Å². The Labute approximate surface area is 203 Å². The molecule has 1 unspecified atom stereocenters. The van der Waals surface area contributed by atoms with Crippen molar-refractivity contribution in [2.75, 3.05) is 5.32 Å². The van der Waals surface area contributed by atoms with Crippen molar-refractivity contribution in [2.24, 2.45) is 0 Å². The van der Waals surface area contributed by atoms with Crippen LogP contribution >= 0.6 is 46.1 Å². The largest absolute Gasteiger partial charge is 0.323 e. The Morgan fingerprint density at radius 2 is 1.81 bits per heavy atom. The predicted octanol–water partition coefficient (Wildman–Crippen LogP) is 6.98. The first-order valence-electron chi connectivity index (χ1n) is 9.82. The number of aromatic nitrogens is 2. The Morgan fingerprint density at radius 1 is 1.12 bits per heavy atom. The molecule has 0 fully saturated rings. The van der Waals surface area contributed by atoms with Crippen LogP contribution in [0.2, 0.25) is 15.1 Å². The Morgan fingerprint density at radius 3 is 2.47 bits per heavy atom. The summed E-state index contributed by atoms with van der Waals surface area (Å²) in [7, 11) is 0. The van der Waals surface area contributed by atoms with Gasteiger partial charge in [0, 0.05) is 20.5 Å². The lowest BCUT2D eigenvalue weighted by atomic mass is 10.0. The second kappa shape index (κ2) is 9.24. The van der Waals surface area contributed by atoms with Gasteiger partial charge in [0.05, 0.1) is 22.4 Å². The number of nitrogens with one attached hydrogen (secondary N) is 1. The summed E-state index contributed by atoms with van der Waals surface area (Å²) in [5.41, 5.74) is 1.84. The van der Waals surface area contributed by atoms with E-state index in [-0.39, 0.29) is 11.5 Å². The Hall–Kier alpha value is -2.38. The second-order valence-electron chi connectivity index (χ2n) is 7.21. The molecule has 2 heterocycles. The molecule has 1 atom stereocenters. The number of benzene rings is 2. The van der Waals surface area contributed by atoms with E-state index in [1.165, 1.54) is 22.2 Å². The Bertz CT molecular complexity index is 1380. The van der Waals surface area contributed by atoms with Gasteiger partial charge in [0.2, 0.25) is 5.91 Å². The Kier molecular flexibility index (Phi) is 6.58. The van der Waals surface area contributed by atoms with E-state index >= 15 is 0 Å². The molecule has 0 saturated heterocycles. The average molecular weight is 507 g/mol. The van der Waals surface area contributed by atoms with Gasteiger partial charge in [-0.3, -0.25) is 14.2 Å². The van der Waals surface area contributed by atoms with E-state index in [0.717, 1.165) is 16.0 Å². The first kappa shape index (κ1) is 22.8. The lowest BCUT2D eigenvalue weighted by molar-refractivity contribution is -0.119. The van der Waals surface area contributed by atoms with E-state index in [9.17, 15) is 9.59 Å². The number of aryl methyl sites for hydroxylation is 1. The van der Waals surface area contributed by atoms with Crippen LogP contribution in [-0.2, 0) is 4.79 Å². The third kappa shape index (κ3) is 4.28. The molecule has 0 aliphatic heterocycles. The molecule has 0 spiro atoms. The summed E-state index contributed by atoms with van der Waals surface area (Å²) >= 11 is 19.6. The fourth-order valence-corrected chi connectivity index (χ4v) is 5.20. The van der Waals surface area contributed by atoms with Crippen LogP contribution in [0.15, 0.2) is 53.6 Å². The van der Waals surface area contributed by atoms with E-state index in [0.29, 0.717) is 37.4 Å². The van der Waals surface area contributed by atoms with Gasteiger partial charge in [0.25, 0.3) is 5.56 Å². The fraction of sp³-hybridized carbons (Fsp3) is 0.174. The number of amides is 1. The van der Waals surface area contributed by atoms with E-state index < -0.39 is 6.04 Å². The highest BCUT2D eigenvalue weighted by Gasteiger charge is 2.24. The Balaban J connectivity index is 1.78. The lowest BCUT2D eigenvalue weighted by Gasteiger charge is -2.18. The minimum absolute atomic E-state index is 0.270. The number of rotatable bonds is 5. The number of nitrogens with zero attached hydrogens (tertiary/aromatic N) is 2. The van der Waals surface area contributed by atoms with Crippen molar-refractivity contribution in [1.29, 1.82) is 0 Å². The number of hydrogen-bond donors (Lipinski definition) is 1. The standard InChI is InChI=1S/C23H18Cl3N3O2S/c1-3-18(21(30)28-17-9-8-15(25)10-16(17)26)29-11-27-22-20(23(29)31)19(12(2)32-22)13-4-6-14(24)7-5-13/h4-11,18H,3H2,1-2H3,(H,28,30). The van der Waals surface area contributed by atoms with Crippen LogP contribution in [0.4, 0.5) is 5.69 Å². The summed E-state index contributed by atoms with van der Waals surface area (Å²) in [6.45, 7) is 3.79. The van der Waals surface area contributed by atoms with Crippen LogP contribution in [0.25, 0.3) is 21.3 Å². The summed E-state index contributed by atoms with van der Waals surface area (Å²) in [4.78, 5) is 32.7. The highest BCUT2D eigenvalue weighted by molar-refractivity contribution is 7.19. The van der Waals surface area contributed by atoms with Crippen molar-refractivity contribution in [3.8, 4) is 11.1 Å². The molecule has 9 heteroatoms. The molecular formula is C23H18Cl3N3O2S. The maximum atomic E-state index is 13.6. The normalized spacial score (nSPS) is 12.2. The van der Waals surface area contributed by atoms with Gasteiger partial charge in [-0.1, -0.05) is 53.9 Å². The van der Waals surface area contributed by atoms with Crippen LogP contribution in [0.5, 0.6) is 0 Å². The molecule has 0 bridgehead atoms. The number of fused-ring (bicyclic) bond motifs is 1. The number of carbonyl (C=O) groups excluding carboxylic acids is 1. The average Bonchev–Trinajstić information content (AvgIpc) is 3.09. The smallest absolute Gasteiger partial charge is 0.263 e. The van der Waals surface area contributed by atoms with Gasteiger partial charge in [0.1, 0.15) is 10.9 Å². The third-order valence-corrected chi connectivity index (χ3v) is 6.97. The third-order valence-electron chi connectivity index (χ3n) is 5.16. The topological polar surface area (TPSA) is 64.0 Å². The van der Waals surface area contributed by atoms with Gasteiger partial charge in [-0.15, -0.1) is 11.3 Å². The van der Waals surface area contributed by atoms with Crippen molar-refractivity contribution in [2.45, 2.75) is 26.3 Å². The van der Waals surface area contributed by atoms with Gasteiger partial charge in [-0.2, -0.15) is 0 Å². The molecule has 0 saturated carbocycles. The van der Waals surface area contributed by atoms with Crippen molar-refractivity contribution >= 4 is 68.0 Å². The SMILES string of the molecule is CCC(C(=O)Nc1ccc(Cl)cc1Cl)n1cnc2sc(C)c(-c3ccc(Cl)cc3)c2c1=O. The quantitative estimate of drug-likeness (QED) is 0.317. The van der Waals surface area contributed by atoms with Crippen LogP contribution in [0.1, 0.15) is 24.3 Å². The van der Waals surface area contributed by atoms with E-state index in [4.69, 9.17) is 34.8 Å². The summed E-state index contributed by atoms with van der Waals surface area (Å²) in [6.07, 6.45) is 1.83. The fourth-order valence-electron chi connectivity index (χ4n) is 3.62. The van der Waals surface area contributed by atoms with Gasteiger partial charge < -0.3 is 5.32 Å². The van der Waals surface area contributed by atoms with Gasteiger partial charge in [0.15, 0.2) is 0 Å². The van der Waals surface area contributed by atoms with Gasteiger partial charge in [-0.05, 0) is 49.2 Å². The molecule has 164 valence electrons. The van der Waals surface area contributed by atoms with Crippen molar-refractivity contribution in [3.05, 3.63) is 79.1 Å². The zero-order chi connectivity index (χ0) is 23.0. The van der Waals surface area contributed by atoms with Gasteiger partial charge in [-0.25, -0.2) is 4.98 Å². The maximum absolute atomic E-state index is 13.6. The highest BCUT2D eigenvalue weighted by atomic mass is 35.5. The molecule has 2 aromatic heterocycles. The van der Waals surface area contributed by atoms with E-state index in [1.54, 1.807) is 30.3 Å². The molecule has 0 aliphatic rings. The zero-order valence-electron chi connectivity index (χ0n) is 17.2. The molecule has 1 amide bonds. The van der Waals surface area contributed by atoms with Crippen LogP contribution in [0, 0.1) is 6.92 Å². The number of carbonyl (C=O) groups is 1. The summed E-state index contributed by atoms with van der Waals surface area (Å²) in [5, 5.41) is 4.69. The number of anilines is 1. The second-order valence-corrected chi connectivity index (χ2v) is 9.70. The minimum Gasteiger partial charge on any atom is -0.323 e. The summed E-state index contributed by atoms with van der Waals surface area (Å²) < 4.78 is 1.38. The molecule has 0 aliphatic carbocycles. The van der Waals surface area contributed by atoms with Crippen LogP contribution in [0.3, 0.4) is 0 Å². The van der Waals surface area contributed by atoms with Crippen LogP contribution in [-0.4, -0.2) is 15.5 Å². The van der Waals surface area contributed by atoms with Gasteiger partial charge >= 0.3 is 0 Å². The molecule has 0 radical (unpaired) electrons. The number of thiophene rings is 1. The van der Waals surface area contributed by atoms with E-state index in [2.05, 4.69) is 10.3 Å². The van der Waals surface area contributed by atoms with E-state index in [1.807, 2.05) is 26.0 Å². The van der Waals surface area contributed by atoms with Crippen LogP contribution < -0.4 is 10.9 Å².